The maximum Gasteiger partial charge on any atom is 0.321 e. The summed E-state index contributed by atoms with van der Waals surface area (Å²) in [7, 11) is -3.61. The van der Waals surface area contributed by atoms with Crippen LogP contribution >= 0.6 is 15.9 Å². The van der Waals surface area contributed by atoms with Crippen LogP contribution in [0.3, 0.4) is 0 Å². The van der Waals surface area contributed by atoms with E-state index in [2.05, 4.69) is 21.2 Å². The molecular weight excluding hydrogens is 420 g/mol. The van der Waals surface area contributed by atoms with E-state index in [0.29, 0.717) is 25.2 Å². The van der Waals surface area contributed by atoms with Crippen LogP contribution in [-0.4, -0.2) is 43.6 Å². The van der Waals surface area contributed by atoms with Crippen molar-refractivity contribution in [2.24, 2.45) is 0 Å². The molecule has 1 saturated heterocycles. The first-order valence-electron chi connectivity index (χ1n) is 8.21. The largest absolute Gasteiger partial charge is 0.391 e. The minimum absolute atomic E-state index is 0.159. The van der Waals surface area contributed by atoms with Gasteiger partial charge in [-0.1, -0.05) is 15.9 Å². The summed E-state index contributed by atoms with van der Waals surface area (Å²) in [5.74, 6) is 0. The molecule has 1 fully saturated rings. The summed E-state index contributed by atoms with van der Waals surface area (Å²) in [6.07, 6.45) is 0.971. The number of β-amino-alcohol motifs (C(OH)–C–C–N with tert-alkyl or cyclic N) is 1. The average molecular weight is 439 g/mol. The minimum atomic E-state index is -3.61. The summed E-state index contributed by atoms with van der Waals surface area (Å²) in [4.78, 5) is 14.2. The Kier molecular flexibility index (Phi) is 5.64. The Labute approximate surface area is 160 Å². The molecule has 1 aliphatic rings. The van der Waals surface area contributed by atoms with E-state index in [1.54, 1.807) is 29.2 Å². The molecule has 0 aliphatic carbocycles. The summed E-state index contributed by atoms with van der Waals surface area (Å²) in [6, 6.07) is 12.2. The summed E-state index contributed by atoms with van der Waals surface area (Å²) in [5, 5.41) is 12.4. The highest BCUT2D eigenvalue weighted by Crippen LogP contribution is 2.24. The van der Waals surface area contributed by atoms with E-state index in [9.17, 15) is 18.3 Å². The minimum Gasteiger partial charge on any atom is -0.391 e. The van der Waals surface area contributed by atoms with Crippen molar-refractivity contribution in [3.8, 4) is 0 Å². The number of aliphatic hydroxyl groups is 1. The summed E-state index contributed by atoms with van der Waals surface area (Å²) < 4.78 is 26.0. The van der Waals surface area contributed by atoms with E-state index in [4.69, 9.17) is 0 Å². The van der Waals surface area contributed by atoms with Gasteiger partial charge in [-0.15, -0.1) is 0 Å². The highest BCUT2D eigenvalue weighted by atomic mass is 79.9. The zero-order chi connectivity index (χ0) is 18.7. The topological polar surface area (TPSA) is 86.7 Å². The van der Waals surface area contributed by atoms with Crippen LogP contribution in [0.15, 0.2) is 62.8 Å². The first-order chi connectivity index (χ1) is 12.4. The number of halogens is 1. The molecule has 6 nitrogen and oxygen atoms in total. The predicted octanol–water partition coefficient (Wildman–Crippen LogP) is 3.27. The number of benzene rings is 2. The number of nitrogens with one attached hydrogen (secondary N) is 1. The Morgan fingerprint density at radius 3 is 2.23 bits per heavy atom. The Balaban J connectivity index is 1.72. The molecule has 2 aromatic carbocycles. The molecule has 3 rings (SSSR count). The van der Waals surface area contributed by atoms with E-state index >= 15 is 0 Å². The summed E-state index contributed by atoms with van der Waals surface area (Å²) in [6.45, 7) is 0.904. The third kappa shape index (κ3) is 4.25. The molecule has 26 heavy (non-hydrogen) atoms. The van der Waals surface area contributed by atoms with Gasteiger partial charge >= 0.3 is 6.03 Å². The van der Waals surface area contributed by atoms with E-state index in [1.165, 1.54) is 24.3 Å². The molecule has 2 amide bonds. The lowest BCUT2D eigenvalue weighted by atomic mass is 10.1. The first kappa shape index (κ1) is 18.9. The van der Waals surface area contributed by atoms with Gasteiger partial charge < -0.3 is 15.3 Å². The molecule has 0 bridgehead atoms. The lowest BCUT2D eigenvalue weighted by Gasteiger charge is -2.30. The molecule has 8 heteroatoms. The van der Waals surface area contributed by atoms with Crippen LogP contribution in [0.25, 0.3) is 0 Å². The molecule has 138 valence electrons. The van der Waals surface area contributed by atoms with Crippen molar-refractivity contribution in [2.45, 2.75) is 28.7 Å². The second-order valence-electron chi connectivity index (χ2n) is 6.15. The number of hydrogen-bond donors (Lipinski definition) is 2. The third-order valence-electron chi connectivity index (χ3n) is 4.22. The van der Waals surface area contributed by atoms with Gasteiger partial charge in [0.25, 0.3) is 0 Å². The molecule has 0 spiro atoms. The van der Waals surface area contributed by atoms with Gasteiger partial charge in [0.15, 0.2) is 0 Å². The fraction of sp³-hybridized carbons (Fsp3) is 0.278. The Morgan fingerprint density at radius 1 is 1.08 bits per heavy atom. The number of sulfone groups is 1. The van der Waals surface area contributed by atoms with Crippen molar-refractivity contribution in [3.63, 3.8) is 0 Å². The van der Waals surface area contributed by atoms with Gasteiger partial charge in [-0.05, 0) is 61.4 Å². The molecule has 2 aromatic rings. The van der Waals surface area contributed by atoms with Crippen LogP contribution in [0.1, 0.15) is 12.8 Å². The SMILES string of the molecule is O=C(Nc1ccc(S(=O)(=O)c2ccc(Br)cc2)cc1)N1CCC[C@H](O)C1. The Morgan fingerprint density at radius 2 is 1.65 bits per heavy atom. The van der Waals surface area contributed by atoms with E-state index in [-0.39, 0.29) is 15.8 Å². The molecule has 1 atom stereocenters. The van der Waals surface area contributed by atoms with Crippen LogP contribution in [0.5, 0.6) is 0 Å². The Bertz CT molecular complexity index is 882. The van der Waals surface area contributed by atoms with Gasteiger partial charge in [0.1, 0.15) is 0 Å². The number of likely N-dealkylation sites (tertiary alicyclic amines) is 1. The fourth-order valence-corrected chi connectivity index (χ4v) is 4.33. The summed E-state index contributed by atoms with van der Waals surface area (Å²) in [5.41, 5.74) is 0.504. The van der Waals surface area contributed by atoms with E-state index in [1.807, 2.05) is 0 Å². The maximum atomic E-state index is 12.6. The smallest absolute Gasteiger partial charge is 0.321 e. The number of anilines is 1. The average Bonchev–Trinajstić information content (AvgIpc) is 2.62. The molecule has 0 saturated carbocycles. The van der Waals surface area contributed by atoms with Crippen molar-refractivity contribution < 1.29 is 18.3 Å². The molecule has 0 radical (unpaired) electrons. The van der Waals surface area contributed by atoms with Gasteiger partial charge in [0.2, 0.25) is 9.84 Å². The maximum absolute atomic E-state index is 12.6. The lowest BCUT2D eigenvalue weighted by Crippen LogP contribution is -2.44. The van der Waals surface area contributed by atoms with Crippen LogP contribution in [-0.2, 0) is 9.84 Å². The highest BCUT2D eigenvalue weighted by Gasteiger charge is 2.22. The van der Waals surface area contributed by atoms with Gasteiger partial charge in [-0.3, -0.25) is 0 Å². The predicted molar refractivity (Wildman–Crippen MR) is 102 cm³/mol. The van der Waals surface area contributed by atoms with Crippen LogP contribution in [0.2, 0.25) is 0 Å². The van der Waals surface area contributed by atoms with Gasteiger partial charge in [-0.2, -0.15) is 0 Å². The second-order valence-corrected chi connectivity index (χ2v) is 9.02. The standard InChI is InChI=1S/C18H19BrN2O4S/c19-13-3-7-16(8-4-13)26(24,25)17-9-5-14(6-10-17)20-18(23)21-11-1-2-15(22)12-21/h3-10,15,22H,1-2,11-12H2,(H,20,23)/t15-/m0/s1. The van der Waals surface area contributed by atoms with Crippen molar-refractivity contribution in [1.82, 2.24) is 4.90 Å². The number of carbonyl (C=O) groups is 1. The van der Waals surface area contributed by atoms with E-state index in [0.717, 1.165) is 10.9 Å². The molecule has 1 heterocycles. The Hall–Kier alpha value is -1.90. The van der Waals surface area contributed by atoms with Gasteiger partial charge in [-0.25, -0.2) is 13.2 Å². The molecule has 1 aliphatic heterocycles. The third-order valence-corrected chi connectivity index (χ3v) is 6.54. The monoisotopic (exact) mass is 438 g/mol. The molecule has 2 N–H and O–H groups in total. The number of amides is 2. The van der Waals surface area contributed by atoms with Crippen LogP contribution in [0.4, 0.5) is 10.5 Å². The summed E-state index contributed by atoms with van der Waals surface area (Å²) >= 11 is 3.28. The normalized spacial score (nSPS) is 17.8. The molecule has 0 aromatic heterocycles. The van der Waals surface area contributed by atoms with Crippen LogP contribution < -0.4 is 5.32 Å². The first-order valence-corrected chi connectivity index (χ1v) is 10.5. The van der Waals surface area contributed by atoms with Crippen LogP contribution in [0, 0.1) is 0 Å². The highest BCUT2D eigenvalue weighted by molar-refractivity contribution is 9.10. The number of piperidine rings is 1. The van der Waals surface area contributed by atoms with Gasteiger partial charge in [0.05, 0.1) is 15.9 Å². The number of urea groups is 1. The van der Waals surface area contributed by atoms with Crippen molar-refractivity contribution in [2.75, 3.05) is 18.4 Å². The van der Waals surface area contributed by atoms with Crippen molar-refractivity contribution >= 4 is 37.5 Å². The molecular formula is C18H19BrN2O4S. The number of hydrogen-bond acceptors (Lipinski definition) is 4. The number of carbonyl (C=O) groups excluding carboxylic acids is 1. The zero-order valence-corrected chi connectivity index (χ0v) is 16.3. The van der Waals surface area contributed by atoms with Gasteiger partial charge in [0, 0.05) is 23.2 Å². The number of aliphatic hydroxyl groups excluding tert-OH is 1. The lowest BCUT2D eigenvalue weighted by molar-refractivity contribution is 0.0883. The second kappa shape index (κ2) is 7.77. The number of rotatable bonds is 3. The molecule has 0 unspecified atom stereocenters. The van der Waals surface area contributed by atoms with Crippen molar-refractivity contribution in [1.29, 1.82) is 0 Å². The van der Waals surface area contributed by atoms with Crippen molar-refractivity contribution in [3.05, 3.63) is 53.0 Å². The van der Waals surface area contributed by atoms with E-state index < -0.39 is 15.9 Å². The fourth-order valence-electron chi connectivity index (χ4n) is 2.81. The zero-order valence-electron chi connectivity index (χ0n) is 13.9. The number of nitrogens with zero attached hydrogens (tertiary/aromatic N) is 1. The quantitative estimate of drug-likeness (QED) is 0.769.